The Hall–Kier alpha value is -0.900. The third-order valence-corrected chi connectivity index (χ3v) is 5.18. The fraction of sp³-hybridized carbons (Fsp3) is 0.714. The number of benzene rings is 1. The highest BCUT2D eigenvalue weighted by Gasteiger charge is 2.33. The lowest BCUT2D eigenvalue weighted by molar-refractivity contribution is -0.0771. The first-order valence-corrected chi connectivity index (χ1v) is 9.43. The number of likely N-dealkylation sites (N-methyl/N-ethyl adjacent to an activating group) is 1. The molecular weight excluding hydrogens is 296 g/mol. The van der Waals surface area contributed by atoms with Gasteiger partial charge in [-0.3, -0.25) is 0 Å². The van der Waals surface area contributed by atoms with Gasteiger partial charge in [-0.25, -0.2) is 0 Å². The van der Waals surface area contributed by atoms with E-state index in [0.29, 0.717) is 11.8 Å². The van der Waals surface area contributed by atoms with Gasteiger partial charge in [0.25, 0.3) is 0 Å². The summed E-state index contributed by atoms with van der Waals surface area (Å²) in [6.07, 6.45) is 3.54. The Morgan fingerprint density at radius 3 is 2.54 bits per heavy atom. The zero-order valence-corrected chi connectivity index (χ0v) is 16.3. The first kappa shape index (κ1) is 19.4. The normalized spacial score (nSPS) is 21.8. The number of nitrogens with one attached hydrogen (secondary N) is 1. The Labute approximate surface area is 148 Å². The molecule has 0 aliphatic carbocycles. The molecular formula is C21H36N2O. The fourth-order valence-corrected chi connectivity index (χ4v) is 3.80. The molecule has 1 saturated heterocycles. The van der Waals surface area contributed by atoms with Crippen LogP contribution in [0, 0.1) is 12.8 Å². The molecule has 1 aliphatic heterocycles. The van der Waals surface area contributed by atoms with Crippen LogP contribution in [-0.2, 0) is 4.74 Å². The molecule has 1 aromatic rings. The first-order valence-electron chi connectivity index (χ1n) is 9.43. The number of rotatable bonds is 8. The predicted octanol–water partition coefficient (Wildman–Crippen LogP) is 3.83. The molecule has 1 N–H and O–H groups in total. The van der Waals surface area contributed by atoms with Gasteiger partial charge in [-0.15, -0.1) is 0 Å². The van der Waals surface area contributed by atoms with Crippen LogP contribution in [0.2, 0.25) is 0 Å². The number of ether oxygens (including phenoxy) is 1. The molecule has 0 aromatic heterocycles. The van der Waals surface area contributed by atoms with Crippen LogP contribution in [0.3, 0.4) is 0 Å². The third-order valence-electron chi connectivity index (χ3n) is 5.18. The smallest absolute Gasteiger partial charge is 0.0629 e. The van der Waals surface area contributed by atoms with E-state index in [4.69, 9.17) is 4.74 Å². The molecule has 2 rings (SSSR count). The van der Waals surface area contributed by atoms with Crippen molar-refractivity contribution in [2.24, 2.45) is 5.92 Å². The van der Waals surface area contributed by atoms with E-state index >= 15 is 0 Å². The van der Waals surface area contributed by atoms with Crippen LogP contribution in [0.25, 0.3) is 0 Å². The molecule has 3 heteroatoms. The lowest BCUT2D eigenvalue weighted by Gasteiger charge is -2.39. The Morgan fingerprint density at radius 2 is 1.92 bits per heavy atom. The van der Waals surface area contributed by atoms with Crippen molar-refractivity contribution < 1.29 is 4.74 Å². The largest absolute Gasteiger partial charge is 0.376 e. The molecule has 0 unspecified atom stereocenters. The molecule has 0 spiro atoms. The Morgan fingerprint density at radius 1 is 1.21 bits per heavy atom. The van der Waals surface area contributed by atoms with Gasteiger partial charge in [0, 0.05) is 19.7 Å². The summed E-state index contributed by atoms with van der Waals surface area (Å²) in [5.41, 5.74) is 2.86. The predicted molar refractivity (Wildman–Crippen MR) is 103 cm³/mol. The summed E-state index contributed by atoms with van der Waals surface area (Å²) < 4.78 is 5.95. The van der Waals surface area contributed by atoms with Crippen molar-refractivity contribution in [2.45, 2.75) is 51.6 Å². The van der Waals surface area contributed by atoms with Crippen molar-refractivity contribution in [3.63, 3.8) is 0 Å². The van der Waals surface area contributed by atoms with Crippen LogP contribution in [0.4, 0.5) is 0 Å². The molecule has 136 valence electrons. The van der Waals surface area contributed by atoms with E-state index in [1.54, 1.807) is 0 Å². The number of nitrogens with zero attached hydrogens (tertiary/aromatic N) is 1. The minimum atomic E-state index is 0.0181. The van der Waals surface area contributed by atoms with Crippen LogP contribution in [-0.4, -0.2) is 50.8 Å². The molecule has 0 saturated carbocycles. The summed E-state index contributed by atoms with van der Waals surface area (Å²) in [4.78, 5) is 2.23. The van der Waals surface area contributed by atoms with Gasteiger partial charge in [0.15, 0.2) is 0 Å². The highest BCUT2D eigenvalue weighted by Crippen LogP contribution is 2.39. The van der Waals surface area contributed by atoms with Crippen LogP contribution in [0.1, 0.15) is 50.2 Å². The van der Waals surface area contributed by atoms with Crippen molar-refractivity contribution in [1.82, 2.24) is 10.2 Å². The number of aryl methyl sites for hydroxylation is 1. The monoisotopic (exact) mass is 332 g/mol. The van der Waals surface area contributed by atoms with Crippen molar-refractivity contribution in [2.75, 3.05) is 40.3 Å². The van der Waals surface area contributed by atoms with E-state index in [0.717, 1.165) is 32.7 Å². The van der Waals surface area contributed by atoms with Crippen molar-refractivity contribution in [3.05, 3.63) is 35.4 Å². The van der Waals surface area contributed by atoms with Gasteiger partial charge in [0.05, 0.1) is 5.60 Å². The standard InChI is InChI=1S/C21H36N2O/c1-17-6-8-18(9-7-17)20(10-12-22-13-14-23(4)5)19-11-15-24-21(2,3)16-19/h6-9,19-20,22H,10-16H2,1-5H3/t19-,20-/m1/s1. The second-order valence-electron chi connectivity index (χ2n) is 8.22. The van der Waals surface area contributed by atoms with Gasteiger partial charge in [-0.2, -0.15) is 0 Å². The molecule has 0 bridgehead atoms. The molecule has 2 atom stereocenters. The van der Waals surface area contributed by atoms with Crippen LogP contribution < -0.4 is 5.32 Å². The molecule has 0 radical (unpaired) electrons. The summed E-state index contributed by atoms with van der Waals surface area (Å²) in [5, 5.41) is 3.62. The van der Waals surface area contributed by atoms with E-state index in [9.17, 15) is 0 Å². The summed E-state index contributed by atoms with van der Waals surface area (Å²) in [7, 11) is 4.25. The van der Waals surface area contributed by atoms with E-state index in [2.05, 4.69) is 69.3 Å². The molecule has 1 aliphatic rings. The minimum absolute atomic E-state index is 0.0181. The lowest BCUT2D eigenvalue weighted by atomic mass is 9.75. The van der Waals surface area contributed by atoms with Crippen LogP contribution >= 0.6 is 0 Å². The molecule has 1 heterocycles. The molecule has 1 fully saturated rings. The SMILES string of the molecule is Cc1ccc([C@@H](CCNCCN(C)C)[C@@H]2CCOC(C)(C)C2)cc1. The summed E-state index contributed by atoms with van der Waals surface area (Å²) in [6.45, 7) is 10.8. The van der Waals surface area contributed by atoms with Crippen molar-refractivity contribution >= 4 is 0 Å². The quantitative estimate of drug-likeness (QED) is 0.732. The highest BCUT2D eigenvalue weighted by atomic mass is 16.5. The summed E-state index contributed by atoms with van der Waals surface area (Å²) in [5.74, 6) is 1.34. The van der Waals surface area contributed by atoms with E-state index < -0.39 is 0 Å². The van der Waals surface area contributed by atoms with E-state index in [1.165, 1.54) is 24.0 Å². The second-order valence-corrected chi connectivity index (χ2v) is 8.22. The number of hydrogen-bond donors (Lipinski definition) is 1. The maximum atomic E-state index is 5.95. The Kier molecular flexibility index (Phi) is 7.27. The minimum Gasteiger partial charge on any atom is -0.376 e. The van der Waals surface area contributed by atoms with Crippen LogP contribution in [0.5, 0.6) is 0 Å². The number of hydrogen-bond acceptors (Lipinski definition) is 3. The van der Waals surface area contributed by atoms with E-state index in [1.807, 2.05) is 0 Å². The van der Waals surface area contributed by atoms with Gasteiger partial charge >= 0.3 is 0 Å². The molecule has 0 amide bonds. The average molecular weight is 333 g/mol. The summed E-state index contributed by atoms with van der Waals surface area (Å²) in [6, 6.07) is 9.18. The summed E-state index contributed by atoms with van der Waals surface area (Å²) >= 11 is 0. The van der Waals surface area contributed by atoms with Crippen molar-refractivity contribution in [1.29, 1.82) is 0 Å². The van der Waals surface area contributed by atoms with Gasteiger partial charge in [-0.05, 0) is 78.1 Å². The van der Waals surface area contributed by atoms with Gasteiger partial charge in [0.2, 0.25) is 0 Å². The van der Waals surface area contributed by atoms with Gasteiger partial charge in [-0.1, -0.05) is 29.8 Å². The highest BCUT2D eigenvalue weighted by molar-refractivity contribution is 5.25. The Balaban J connectivity index is 2.00. The maximum absolute atomic E-state index is 5.95. The average Bonchev–Trinajstić information content (AvgIpc) is 2.51. The van der Waals surface area contributed by atoms with E-state index in [-0.39, 0.29) is 5.60 Å². The van der Waals surface area contributed by atoms with Gasteiger partial charge in [0.1, 0.15) is 0 Å². The molecule has 3 nitrogen and oxygen atoms in total. The Bertz CT molecular complexity index is 481. The maximum Gasteiger partial charge on any atom is 0.0629 e. The second kappa shape index (κ2) is 8.98. The first-order chi connectivity index (χ1) is 11.4. The third kappa shape index (κ3) is 6.19. The van der Waals surface area contributed by atoms with Crippen LogP contribution in [0.15, 0.2) is 24.3 Å². The van der Waals surface area contributed by atoms with Crippen molar-refractivity contribution in [3.8, 4) is 0 Å². The molecule has 24 heavy (non-hydrogen) atoms. The zero-order chi connectivity index (χ0) is 17.6. The fourth-order valence-electron chi connectivity index (χ4n) is 3.80. The lowest BCUT2D eigenvalue weighted by Crippen LogP contribution is -2.37. The van der Waals surface area contributed by atoms with Gasteiger partial charge < -0.3 is 15.0 Å². The molecule has 1 aromatic carbocycles. The zero-order valence-electron chi connectivity index (χ0n) is 16.3. The topological polar surface area (TPSA) is 24.5 Å².